The van der Waals surface area contributed by atoms with E-state index in [0.29, 0.717) is 34.5 Å². The van der Waals surface area contributed by atoms with Crippen molar-refractivity contribution in [3.05, 3.63) is 0 Å². The van der Waals surface area contributed by atoms with Gasteiger partial charge in [0.1, 0.15) is 0 Å². The third-order valence-corrected chi connectivity index (χ3v) is 13.4. The van der Waals surface area contributed by atoms with Crippen molar-refractivity contribution in [2.75, 3.05) is 20.6 Å². The Morgan fingerprint density at radius 2 is 1.58 bits per heavy atom. The molecule has 6 aliphatic rings. The van der Waals surface area contributed by atoms with Crippen LogP contribution in [0.1, 0.15) is 86.0 Å². The molecule has 1 saturated heterocycles. The van der Waals surface area contributed by atoms with Gasteiger partial charge in [-0.05, 0) is 111 Å². The summed E-state index contributed by atoms with van der Waals surface area (Å²) >= 11 is 0. The van der Waals surface area contributed by atoms with Gasteiger partial charge in [0.25, 0.3) is 0 Å². The highest BCUT2D eigenvalue weighted by Crippen LogP contribution is 2.89. The Morgan fingerprint density at radius 3 is 2.27 bits per heavy atom. The second kappa shape index (κ2) is 6.78. The number of hydrogen-bond acceptors (Lipinski definition) is 4. The minimum absolute atomic E-state index is 0.0131. The quantitative estimate of drug-likeness (QED) is 0.627. The van der Waals surface area contributed by atoms with Gasteiger partial charge in [-0.15, -0.1) is 0 Å². The number of aliphatic hydroxyl groups excluding tert-OH is 2. The first-order valence-corrected chi connectivity index (χ1v) is 14.0. The summed E-state index contributed by atoms with van der Waals surface area (Å²) in [6, 6.07) is 0. The van der Waals surface area contributed by atoms with Crippen LogP contribution >= 0.6 is 0 Å². The monoisotopic (exact) mass is 459 g/mol. The summed E-state index contributed by atoms with van der Waals surface area (Å²) in [5.41, 5.74) is 0.902. The third-order valence-electron chi connectivity index (χ3n) is 13.4. The lowest BCUT2D eigenvalue weighted by atomic mass is 9.41. The summed E-state index contributed by atoms with van der Waals surface area (Å²) < 4.78 is 6.78. The average molecular weight is 460 g/mol. The van der Waals surface area contributed by atoms with Crippen molar-refractivity contribution in [1.29, 1.82) is 0 Å². The number of nitrogens with zero attached hydrogens (tertiary/aromatic N) is 1. The van der Waals surface area contributed by atoms with Crippen LogP contribution in [0.2, 0.25) is 0 Å². The van der Waals surface area contributed by atoms with Crippen LogP contribution in [0.25, 0.3) is 0 Å². The van der Waals surface area contributed by atoms with E-state index in [1.54, 1.807) is 0 Å². The molecule has 0 radical (unpaired) electrons. The van der Waals surface area contributed by atoms with Gasteiger partial charge in [-0.1, -0.05) is 34.6 Å². The normalized spacial score (nSPS) is 60.9. The zero-order chi connectivity index (χ0) is 23.8. The van der Waals surface area contributed by atoms with Gasteiger partial charge in [0.05, 0.1) is 24.4 Å². The van der Waals surface area contributed by atoms with Gasteiger partial charge >= 0.3 is 0 Å². The van der Waals surface area contributed by atoms with E-state index in [4.69, 9.17) is 4.74 Å². The van der Waals surface area contributed by atoms with Gasteiger partial charge < -0.3 is 19.8 Å². The molecule has 2 N–H and O–H groups in total. The molecule has 3 unspecified atom stereocenters. The fraction of sp³-hybridized carbons (Fsp3) is 1.00. The molecule has 5 saturated carbocycles. The van der Waals surface area contributed by atoms with E-state index in [9.17, 15) is 10.2 Å². The number of hydrogen-bond donors (Lipinski definition) is 2. The Labute approximate surface area is 201 Å². The Hall–Kier alpha value is -0.160. The predicted octanol–water partition coefficient (Wildman–Crippen LogP) is 4.72. The molecule has 0 bridgehead atoms. The molecule has 4 nitrogen and oxygen atoms in total. The zero-order valence-electron chi connectivity index (χ0n) is 22.2. The van der Waals surface area contributed by atoms with Crippen molar-refractivity contribution in [3.63, 3.8) is 0 Å². The van der Waals surface area contributed by atoms with Crippen molar-refractivity contribution >= 4 is 0 Å². The van der Waals surface area contributed by atoms with Crippen LogP contribution in [-0.2, 0) is 4.74 Å². The summed E-state index contributed by atoms with van der Waals surface area (Å²) in [7, 11) is 4.26. The molecule has 1 aliphatic heterocycles. The predicted molar refractivity (Wildman–Crippen MR) is 131 cm³/mol. The molecular formula is C29H49NO3. The molecule has 4 heteroatoms. The van der Waals surface area contributed by atoms with Crippen LogP contribution in [0.5, 0.6) is 0 Å². The average Bonchev–Trinajstić information content (AvgIpc) is 3.36. The van der Waals surface area contributed by atoms with E-state index >= 15 is 0 Å². The number of likely N-dealkylation sites (N-methyl/N-ethyl adjacent to an activating group) is 1. The largest absolute Gasteiger partial charge is 0.393 e. The van der Waals surface area contributed by atoms with Crippen molar-refractivity contribution in [2.24, 2.45) is 50.7 Å². The minimum Gasteiger partial charge on any atom is -0.393 e. The Morgan fingerprint density at radius 1 is 0.909 bits per heavy atom. The Balaban J connectivity index is 1.37. The summed E-state index contributed by atoms with van der Waals surface area (Å²) in [4.78, 5) is 2.24. The molecule has 6 fully saturated rings. The lowest BCUT2D eigenvalue weighted by Crippen LogP contribution is -2.59. The molecule has 5 aliphatic carbocycles. The molecule has 6 rings (SSSR count). The van der Waals surface area contributed by atoms with Crippen LogP contribution in [0.15, 0.2) is 0 Å². The summed E-state index contributed by atoms with van der Waals surface area (Å²) in [5.74, 6) is 2.29. The molecule has 0 aromatic rings. The van der Waals surface area contributed by atoms with Crippen molar-refractivity contribution in [3.8, 4) is 0 Å². The zero-order valence-corrected chi connectivity index (χ0v) is 22.2. The van der Waals surface area contributed by atoms with E-state index in [-0.39, 0.29) is 40.7 Å². The fourth-order valence-electron chi connectivity index (χ4n) is 11.9. The van der Waals surface area contributed by atoms with Crippen molar-refractivity contribution in [2.45, 2.75) is 110 Å². The molecule has 0 aromatic heterocycles. The number of fused-ring (bicyclic) bond motifs is 4. The number of aliphatic hydroxyl groups is 2. The highest BCUT2D eigenvalue weighted by atomic mass is 16.5. The van der Waals surface area contributed by atoms with Gasteiger partial charge in [-0.2, -0.15) is 0 Å². The summed E-state index contributed by atoms with van der Waals surface area (Å²) in [6.07, 6.45) is 9.34. The smallest absolute Gasteiger partial charge is 0.0880 e. The molecule has 12 atom stereocenters. The number of ether oxygens (including phenoxy) is 1. The fourth-order valence-corrected chi connectivity index (χ4v) is 11.9. The van der Waals surface area contributed by atoms with Gasteiger partial charge in [-0.25, -0.2) is 0 Å². The van der Waals surface area contributed by atoms with Gasteiger partial charge in [-0.3, -0.25) is 0 Å². The maximum Gasteiger partial charge on any atom is 0.0880 e. The molecule has 0 aromatic carbocycles. The van der Waals surface area contributed by atoms with Crippen LogP contribution in [0.3, 0.4) is 0 Å². The molecule has 188 valence electrons. The van der Waals surface area contributed by atoms with E-state index in [0.717, 1.165) is 19.4 Å². The second-order valence-electron chi connectivity index (χ2n) is 14.9. The highest BCUT2D eigenvalue weighted by molar-refractivity contribution is 5.32. The summed E-state index contributed by atoms with van der Waals surface area (Å²) in [6.45, 7) is 13.1. The first-order valence-electron chi connectivity index (χ1n) is 14.0. The first kappa shape index (κ1) is 23.3. The second-order valence-corrected chi connectivity index (χ2v) is 14.9. The summed E-state index contributed by atoms with van der Waals surface area (Å²) in [5, 5.41) is 23.0. The van der Waals surface area contributed by atoms with Crippen LogP contribution in [0, 0.1) is 50.7 Å². The SMILES string of the molecule is C[C@@H]1CC(CN(C)C)OC2[C@H]1[C@@]1(C)CC[C@@]34C[C@@]35CC[C@H](O)C(C)(C)[C@@H]5CCC4[C@]1(C)[C@H]2O. The van der Waals surface area contributed by atoms with Gasteiger partial charge in [0, 0.05) is 12.0 Å². The van der Waals surface area contributed by atoms with Crippen molar-refractivity contribution < 1.29 is 14.9 Å². The van der Waals surface area contributed by atoms with Crippen LogP contribution < -0.4 is 0 Å². The molecular weight excluding hydrogens is 410 g/mol. The standard InChI is InChI=1S/C29H49NO3/c1-17-14-18(15-30(6)7)33-23-22(17)26(4)12-13-29-16-28(29)11-10-21(31)25(2,3)19(28)8-9-20(29)27(26,5)24(23)32/h17-24,31-32H,8-16H2,1-7H3/t17-,18?,19+,20?,21+,22+,23?,24+,26-,27-,28-,29+/m1/s1. The first-order chi connectivity index (χ1) is 15.3. The minimum atomic E-state index is -0.363. The third kappa shape index (κ3) is 2.53. The van der Waals surface area contributed by atoms with E-state index in [1.165, 1.54) is 38.5 Å². The Bertz CT molecular complexity index is 828. The van der Waals surface area contributed by atoms with Gasteiger partial charge in [0.15, 0.2) is 0 Å². The maximum atomic E-state index is 12.1. The maximum absolute atomic E-state index is 12.1. The Kier molecular flexibility index (Phi) is 4.78. The molecule has 1 heterocycles. The number of rotatable bonds is 2. The van der Waals surface area contributed by atoms with E-state index in [1.807, 2.05) is 0 Å². The molecule has 2 spiro atoms. The lowest BCUT2D eigenvalue weighted by Gasteiger charge is -2.63. The highest BCUT2D eigenvalue weighted by Gasteiger charge is 2.84. The van der Waals surface area contributed by atoms with Gasteiger partial charge in [0.2, 0.25) is 0 Å². The van der Waals surface area contributed by atoms with E-state index < -0.39 is 0 Å². The molecule has 0 amide bonds. The van der Waals surface area contributed by atoms with Crippen LogP contribution in [-0.4, -0.2) is 60.2 Å². The molecule has 33 heavy (non-hydrogen) atoms. The van der Waals surface area contributed by atoms with Crippen LogP contribution in [0.4, 0.5) is 0 Å². The lowest BCUT2D eigenvalue weighted by molar-refractivity contribution is -0.182. The van der Waals surface area contributed by atoms with Crippen molar-refractivity contribution in [1.82, 2.24) is 4.90 Å². The van der Waals surface area contributed by atoms with E-state index in [2.05, 4.69) is 53.6 Å². The topological polar surface area (TPSA) is 52.9 Å².